The van der Waals surface area contributed by atoms with Crippen LogP contribution in [0.25, 0.3) is 11.1 Å². The highest BCUT2D eigenvalue weighted by molar-refractivity contribution is 6.18. The van der Waals surface area contributed by atoms with E-state index in [2.05, 4.69) is 81.9 Å². The average Bonchev–Trinajstić information content (AvgIpc) is 2.53. The molecule has 1 aliphatic carbocycles. The quantitative estimate of drug-likeness (QED) is 0.642. The van der Waals surface area contributed by atoms with Gasteiger partial charge < -0.3 is 0 Å². The van der Waals surface area contributed by atoms with Gasteiger partial charge in [0.1, 0.15) is 0 Å². The smallest absolute Gasteiger partial charge is 0.00214 e. The summed E-state index contributed by atoms with van der Waals surface area (Å²) in [4.78, 5) is 0. The van der Waals surface area contributed by atoms with Gasteiger partial charge in [-0.3, -0.25) is 0 Å². The van der Waals surface area contributed by atoms with Gasteiger partial charge in [-0.2, -0.15) is 0 Å². The Morgan fingerprint density at radius 1 is 0.818 bits per heavy atom. The molecule has 0 amide bonds. The molecular formula is C22H22. The Morgan fingerprint density at radius 2 is 1.41 bits per heavy atom. The molecule has 0 atom stereocenters. The van der Waals surface area contributed by atoms with E-state index < -0.39 is 0 Å². The Kier molecular flexibility index (Phi) is 3.85. The molecule has 22 heavy (non-hydrogen) atoms. The monoisotopic (exact) mass is 286 g/mol. The molecule has 0 N–H and O–H groups in total. The minimum atomic E-state index is 1.08. The van der Waals surface area contributed by atoms with Gasteiger partial charge in [-0.05, 0) is 59.3 Å². The van der Waals surface area contributed by atoms with E-state index in [1.165, 1.54) is 44.6 Å². The van der Waals surface area contributed by atoms with E-state index in [-0.39, 0.29) is 0 Å². The number of allylic oxidation sites excluding steroid dienone is 5. The molecule has 0 aromatic heterocycles. The SMILES string of the molecule is C=C1C(=C(C)C)C(c2ccc(CC)cc2)=C1c1ccccc1. The predicted molar refractivity (Wildman–Crippen MR) is 96.6 cm³/mol. The lowest BCUT2D eigenvalue weighted by atomic mass is 9.71. The fraction of sp³-hybridized carbons (Fsp3) is 0.182. The van der Waals surface area contributed by atoms with Crippen molar-refractivity contribution in [2.75, 3.05) is 0 Å². The minimum Gasteiger partial charge on any atom is -0.0905 e. The molecule has 0 fully saturated rings. The van der Waals surface area contributed by atoms with Crippen molar-refractivity contribution >= 4 is 11.1 Å². The highest BCUT2D eigenvalue weighted by atomic mass is 14.3. The molecule has 0 radical (unpaired) electrons. The molecule has 2 aromatic rings. The number of hydrogen-bond acceptors (Lipinski definition) is 0. The normalized spacial score (nSPS) is 14.1. The topological polar surface area (TPSA) is 0 Å². The van der Waals surface area contributed by atoms with Crippen LogP contribution in [-0.4, -0.2) is 0 Å². The minimum absolute atomic E-state index is 1.08. The second kappa shape index (κ2) is 5.81. The third kappa shape index (κ3) is 2.35. The maximum absolute atomic E-state index is 4.31. The molecule has 0 unspecified atom stereocenters. The van der Waals surface area contributed by atoms with Crippen LogP contribution in [0.2, 0.25) is 0 Å². The third-order valence-electron chi connectivity index (χ3n) is 4.32. The fourth-order valence-corrected chi connectivity index (χ4v) is 3.16. The van der Waals surface area contributed by atoms with E-state index in [0.29, 0.717) is 0 Å². The van der Waals surface area contributed by atoms with Crippen LogP contribution in [0.15, 0.2) is 77.9 Å². The summed E-state index contributed by atoms with van der Waals surface area (Å²) in [7, 11) is 0. The van der Waals surface area contributed by atoms with Gasteiger partial charge in [-0.1, -0.05) is 73.7 Å². The van der Waals surface area contributed by atoms with Crippen LogP contribution in [0.4, 0.5) is 0 Å². The number of rotatable bonds is 3. The van der Waals surface area contributed by atoms with Crippen LogP contribution in [0.3, 0.4) is 0 Å². The van der Waals surface area contributed by atoms with Crippen LogP contribution in [0.5, 0.6) is 0 Å². The van der Waals surface area contributed by atoms with Crippen molar-refractivity contribution in [2.24, 2.45) is 0 Å². The van der Waals surface area contributed by atoms with Crippen LogP contribution in [0, 0.1) is 0 Å². The molecule has 0 aliphatic heterocycles. The van der Waals surface area contributed by atoms with Crippen molar-refractivity contribution in [3.8, 4) is 0 Å². The molecule has 0 heteroatoms. The van der Waals surface area contributed by atoms with Crippen LogP contribution < -0.4 is 0 Å². The molecule has 0 nitrogen and oxygen atoms in total. The summed E-state index contributed by atoms with van der Waals surface area (Å²) in [6.07, 6.45) is 1.08. The summed E-state index contributed by atoms with van der Waals surface area (Å²) in [6.45, 7) is 10.8. The highest BCUT2D eigenvalue weighted by Crippen LogP contribution is 2.51. The van der Waals surface area contributed by atoms with Gasteiger partial charge in [0.25, 0.3) is 0 Å². The summed E-state index contributed by atoms with van der Waals surface area (Å²) in [5.74, 6) is 0. The Hall–Kier alpha value is -2.34. The summed E-state index contributed by atoms with van der Waals surface area (Å²) in [5, 5.41) is 0. The molecule has 3 rings (SSSR count). The van der Waals surface area contributed by atoms with Gasteiger partial charge in [0.15, 0.2) is 0 Å². The zero-order chi connectivity index (χ0) is 15.7. The van der Waals surface area contributed by atoms with Crippen molar-refractivity contribution in [1.29, 1.82) is 0 Å². The molecule has 110 valence electrons. The molecule has 1 aliphatic rings. The predicted octanol–water partition coefficient (Wildman–Crippen LogP) is 6.07. The molecule has 0 heterocycles. The number of hydrogen-bond donors (Lipinski definition) is 0. The zero-order valence-electron chi connectivity index (χ0n) is 13.6. The van der Waals surface area contributed by atoms with Crippen molar-refractivity contribution in [3.63, 3.8) is 0 Å². The summed E-state index contributed by atoms with van der Waals surface area (Å²) >= 11 is 0. The first-order valence-electron chi connectivity index (χ1n) is 7.90. The van der Waals surface area contributed by atoms with Crippen molar-refractivity contribution < 1.29 is 0 Å². The van der Waals surface area contributed by atoms with E-state index in [1.54, 1.807) is 0 Å². The lowest BCUT2D eigenvalue weighted by molar-refractivity contribution is 1.14. The van der Waals surface area contributed by atoms with Crippen LogP contribution in [0.1, 0.15) is 37.5 Å². The average molecular weight is 286 g/mol. The van der Waals surface area contributed by atoms with Gasteiger partial charge in [-0.25, -0.2) is 0 Å². The van der Waals surface area contributed by atoms with Crippen molar-refractivity contribution in [3.05, 3.63) is 94.6 Å². The first-order chi connectivity index (χ1) is 10.6. The van der Waals surface area contributed by atoms with E-state index >= 15 is 0 Å². The van der Waals surface area contributed by atoms with Gasteiger partial charge in [-0.15, -0.1) is 0 Å². The highest BCUT2D eigenvalue weighted by Gasteiger charge is 2.30. The molecule has 0 spiro atoms. The standard InChI is InChI=1S/C22H22/c1-5-17-11-13-19(14-12-17)22-20(15(2)3)16(4)21(22)18-9-7-6-8-10-18/h6-14H,4-5H2,1-3H3. The van der Waals surface area contributed by atoms with E-state index in [4.69, 9.17) is 0 Å². The Labute approximate surface area is 133 Å². The maximum atomic E-state index is 4.31. The Bertz CT molecular complexity index is 765. The molecule has 2 aromatic carbocycles. The maximum Gasteiger partial charge on any atom is -0.00214 e. The van der Waals surface area contributed by atoms with E-state index in [1.807, 2.05) is 0 Å². The number of aryl methyl sites for hydroxylation is 1. The van der Waals surface area contributed by atoms with Crippen molar-refractivity contribution in [2.45, 2.75) is 27.2 Å². The fourth-order valence-electron chi connectivity index (χ4n) is 3.16. The lowest BCUT2D eigenvalue weighted by Crippen LogP contribution is -2.12. The molecule has 0 saturated heterocycles. The lowest BCUT2D eigenvalue weighted by Gasteiger charge is -2.32. The van der Waals surface area contributed by atoms with Crippen LogP contribution >= 0.6 is 0 Å². The Balaban J connectivity index is 2.19. The summed E-state index contributed by atoms with van der Waals surface area (Å²) in [5.41, 5.74) is 10.4. The first-order valence-corrected chi connectivity index (χ1v) is 7.90. The van der Waals surface area contributed by atoms with E-state index in [9.17, 15) is 0 Å². The summed E-state index contributed by atoms with van der Waals surface area (Å²) < 4.78 is 0. The largest absolute Gasteiger partial charge is 0.0905 e. The number of benzene rings is 2. The van der Waals surface area contributed by atoms with Crippen LogP contribution in [-0.2, 0) is 6.42 Å². The molecule has 0 bridgehead atoms. The summed E-state index contributed by atoms with van der Waals surface area (Å²) in [6, 6.07) is 19.5. The second-order valence-corrected chi connectivity index (χ2v) is 6.02. The van der Waals surface area contributed by atoms with Gasteiger partial charge in [0.05, 0.1) is 0 Å². The van der Waals surface area contributed by atoms with Gasteiger partial charge >= 0.3 is 0 Å². The van der Waals surface area contributed by atoms with Crippen molar-refractivity contribution in [1.82, 2.24) is 0 Å². The zero-order valence-corrected chi connectivity index (χ0v) is 13.6. The second-order valence-electron chi connectivity index (χ2n) is 6.02. The third-order valence-corrected chi connectivity index (χ3v) is 4.32. The van der Waals surface area contributed by atoms with Gasteiger partial charge in [0, 0.05) is 0 Å². The Morgan fingerprint density at radius 3 is 1.95 bits per heavy atom. The molecule has 0 saturated carbocycles. The van der Waals surface area contributed by atoms with E-state index in [0.717, 1.165) is 6.42 Å². The van der Waals surface area contributed by atoms with Gasteiger partial charge in [0.2, 0.25) is 0 Å². The first kappa shape index (κ1) is 14.6. The molecular weight excluding hydrogens is 264 g/mol.